The molecule has 0 heterocycles. The predicted molar refractivity (Wildman–Crippen MR) is 115 cm³/mol. The summed E-state index contributed by atoms with van der Waals surface area (Å²) >= 11 is 0. The lowest BCUT2D eigenvalue weighted by atomic mass is 9.43. The van der Waals surface area contributed by atoms with Gasteiger partial charge in [-0.15, -0.1) is 0 Å². The van der Waals surface area contributed by atoms with Crippen LogP contribution in [0.1, 0.15) is 85.0 Å². The van der Waals surface area contributed by atoms with E-state index in [4.69, 9.17) is 0 Å². The van der Waals surface area contributed by atoms with Crippen LogP contribution < -0.4 is 5.32 Å². The maximum atomic E-state index is 11.6. The summed E-state index contributed by atoms with van der Waals surface area (Å²) in [4.78, 5) is 0. The normalized spacial score (nSPS) is 51.9. The Morgan fingerprint density at radius 3 is 2.54 bits per heavy atom. The molecular formula is C25H45NO2. The van der Waals surface area contributed by atoms with Crippen molar-refractivity contribution in [1.29, 1.82) is 0 Å². The van der Waals surface area contributed by atoms with Gasteiger partial charge in [-0.05, 0) is 124 Å². The van der Waals surface area contributed by atoms with Crippen LogP contribution in [0.2, 0.25) is 0 Å². The Hall–Kier alpha value is -0.120. The molecule has 0 aromatic carbocycles. The zero-order valence-corrected chi connectivity index (χ0v) is 18.8. The minimum absolute atomic E-state index is 0.0808. The second-order valence-corrected chi connectivity index (χ2v) is 11.6. The number of hydrogen-bond donors (Lipinski definition) is 3. The number of rotatable bonds is 5. The van der Waals surface area contributed by atoms with E-state index in [-0.39, 0.29) is 17.6 Å². The molecule has 162 valence electrons. The van der Waals surface area contributed by atoms with Crippen molar-refractivity contribution < 1.29 is 10.2 Å². The molecule has 0 bridgehead atoms. The van der Waals surface area contributed by atoms with E-state index < -0.39 is 0 Å². The van der Waals surface area contributed by atoms with Crippen molar-refractivity contribution in [3.63, 3.8) is 0 Å². The quantitative estimate of drug-likeness (QED) is 0.600. The van der Waals surface area contributed by atoms with Gasteiger partial charge in [-0.1, -0.05) is 20.8 Å². The summed E-state index contributed by atoms with van der Waals surface area (Å²) in [5.74, 6) is 4.26. The molecule has 0 saturated heterocycles. The van der Waals surface area contributed by atoms with Gasteiger partial charge in [-0.2, -0.15) is 0 Å². The van der Waals surface area contributed by atoms with Gasteiger partial charge in [0.1, 0.15) is 0 Å². The molecule has 3 N–H and O–H groups in total. The molecule has 28 heavy (non-hydrogen) atoms. The summed E-state index contributed by atoms with van der Waals surface area (Å²) in [5.41, 5.74) is 0.471. The van der Waals surface area contributed by atoms with Gasteiger partial charge in [0.15, 0.2) is 0 Å². The summed E-state index contributed by atoms with van der Waals surface area (Å²) in [6, 6.07) is 0. The van der Waals surface area contributed by atoms with Crippen molar-refractivity contribution in [2.24, 2.45) is 46.3 Å². The zero-order valence-electron chi connectivity index (χ0n) is 18.8. The van der Waals surface area contributed by atoms with E-state index in [2.05, 4.69) is 26.1 Å². The summed E-state index contributed by atoms with van der Waals surface area (Å²) < 4.78 is 0. The van der Waals surface area contributed by atoms with Gasteiger partial charge >= 0.3 is 0 Å². The van der Waals surface area contributed by atoms with E-state index in [1.165, 1.54) is 44.9 Å². The van der Waals surface area contributed by atoms with Crippen molar-refractivity contribution in [2.75, 3.05) is 13.6 Å². The van der Waals surface area contributed by atoms with Crippen LogP contribution in [0.4, 0.5) is 0 Å². The highest BCUT2D eigenvalue weighted by molar-refractivity contribution is 5.12. The Morgan fingerprint density at radius 2 is 1.79 bits per heavy atom. The van der Waals surface area contributed by atoms with Crippen LogP contribution in [0.25, 0.3) is 0 Å². The van der Waals surface area contributed by atoms with E-state index in [0.29, 0.717) is 35.0 Å². The van der Waals surface area contributed by atoms with E-state index in [9.17, 15) is 10.2 Å². The standard InChI is InChI=1S/C25H45NO2/c1-16(6-5-13-26-4)20-9-10-21-19-8-7-17-14-18(27)11-12-24(17,2)22(19)15-23(28)25(20,21)3/h16-23,26-28H,5-15H2,1-4H3/t16-,17-,18-,19+,20-,21+,22+,23+,24+,25-/m1/s1. The molecule has 4 saturated carbocycles. The Kier molecular flexibility index (Phi) is 5.92. The van der Waals surface area contributed by atoms with E-state index in [1.807, 2.05) is 7.05 Å². The van der Waals surface area contributed by atoms with Crippen molar-refractivity contribution in [1.82, 2.24) is 5.32 Å². The summed E-state index contributed by atoms with van der Waals surface area (Å²) in [6.45, 7) is 8.54. The molecule has 10 atom stereocenters. The Morgan fingerprint density at radius 1 is 1.00 bits per heavy atom. The summed E-state index contributed by atoms with van der Waals surface area (Å²) in [7, 11) is 2.05. The lowest BCUT2D eigenvalue weighted by molar-refractivity contribution is -0.174. The SMILES string of the molecule is CNCCC[C@@H](C)[C@H]1CC[C@H]2[C@@H]3CC[C@@H]4C[C@H](O)CC[C@]4(C)[C@H]3C[C@H](O)[C@]12C. The lowest BCUT2D eigenvalue weighted by Gasteiger charge is -2.62. The van der Waals surface area contributed by atoms with E-state index in [0.717, 1.165) is 31.7 Å². The van der Waals surface area contributed by atoms with Crippen LogP contribution in [-0.4, -0.2) is 36.0 Å². The minimum atomic E-state index is -0.138. The molecule has 0 aromatic heterocycles. The van der Waals surface area contributed by atoms with Gasteiger partial charge in [0.2, 0.25) is 0 Å². The molecule has 4 rings (SSSR count). The van der Waals surface area contributed by atoms with Crippen LogP contribution in [0.5, 0.6) is 0 Å². The molecule has 0 unspecified atom stereocenters. The molecule has 4 aliphatic carbocycles. The first kappa shape index (κ1) is 21.1. The van der Waals surface area contributed by atoms with Crippen LogP contribution in [0.3, 0.4) is 0 Å². The van der Waals surface area contributed by atoms with Crippen molar-refractivity contribution in [3.8, 4) is 0 Å². The van der Waals surface area contributed by atoms with Gasteiger partial charge in [-0.3, -0.25) is 0 Å². The Labute approximate surface area is 173 Å². The highest BCUT2D eigenvalue weighted by Gasteiger charge is 2.63. The predicted octanol–water partition coefficient (Wildman–Crippen LogP) is 4.61. The van der Waals surface area contributed by atoms with Crippen LogP contribution in [0, 0.1) is 46.3 Å². The van der Waals surface area contributed by atoms with Crippen molar-refractivity contribution in [3.05, 3.63) is 0 Å². The second-order valence-electron chi connectivity index (χ2n) is 11.6. The minimum Gasteiger partial charge on any atom is -0.393 e. The van der Waals surface area contributed by atoms with Crippen LogP contribution >= 0.6 is 0 Å². The maximum absolute atomic E-state index is 11.6. The molecule has 0 amide bonds. The fourth-order valence-corrected chi connectivity index (χ4v) is 8.96. The molecule has 3 nitrogen and oxygen atoms in total. The Balaban J connectivity index is 1.54. The highest BCUT2D eigenvalue weighted by Crippen LogP contribution is 2.68. The molecule has 0 aliphatic heterocycles. The van der Waals surface area contributed by atoms with Gasteiger partial charge in [-0.25, -0.2) is 0 Å². The fourth-order valence-electron chi connectivity index (χ4n) is 8.96. The van der Waals surface area contributed by atoms with Gasteiger partial charge in [0.05, 0.1) is 12.2 Å². The molecule has 0 spiro atoms. The summed E-state index contributed by atoms with van der Waals surface area (Å²) in [5, 5.41) is 25.1. The second kappa shape index (κ2) is 7.85. The monoisotopic (exact) mass is 391 g/mol. The number of aliphatic hydroxyl groups excluding tert-OH is 2. The van der Waals surface area contributed by atoms with Gasteiger partial charge < -0.3 is 15.5 Å². The first-order valence-corrected chi connectivity index (χ1v) is 12.3. The smallest absolute Gasteiger partial charge is 0.0602 e. The molecular weight excluding hydrogens is 346 g/mol. The van der Waals surface area contributed by atoms with Crippen molar-refractivity contribution in [2.45, 2.75) is 97.2 Å². The first-order chi connectivity index (χ1) is 13.3. The number of nitrogens with one attached hydrogen (secondary N) is 1. The van der Waals surface area contributed by atoms with Gasteiger partial charge in [0, 0.05) is 0 Å². The zero-order chi connectivity index (χ0) is 20.1. The summed E-state index contributed by atoms with van der Waals surface area (Å²) in [6.07, 6.45) is 11.8. The molecule has 3 heteroatoms. The average Bonchev–Trinajstić information content (AvgIpc) is 3.02. The highest BCUT2D eigenvalue weighted by atomic mass is 16.3. The largest absolute Gasteiger partial charge is 0.393 e. The molecule has 4 aliphatic rings. The molecule has 0 aromatic rings. The third-order valence-corrected chi connectivity index (χ3v) is 10.6. The third kappa shape index (κ3) is 3.19. The molecule has 4 fully saturated rings. The van der Waals surface area contributed by atoms with Gasteiger partial charge in [0.25, 0.3) is 0 Å². The number of fused-ring (bicyclic) bond motifs is 5. The van der Waals surface area contributed by atoms with E-state index in [1.54, 1.807) is 0 Å². The fraction of sp³-hybridized carbons (Fsp3) is 1.00. The van der Waals surface area contributed by atoms with E-state index >= 15 is 0 Å². The number of hydrogen-bond acceptors (Lipinski definition) is 3. The number of aliphatic hydroxyl groups is 2. The lowest BCUT2D eigenvalue weighted by Crippen LogP contribution is -2.58. The molecule has 0 radical (unpaired) electrons. The average molecular weight is 392 g/mol. The maximum Gasteiger partial charge on any atom is 0.0602 e. The topological polar surface area (TPSA) is 52.5 Å². The van der Waals surface area contributed by atoms with Crippen LogP contribution in [0.15, 0.2) is 0 Å². The van der Waals surface area contributed by atoms with Crippen molar-refractivity contribution >= 4 is 0 Å². The first-order valence-electron chi connectivity index (χ1n) is 12.3. The Bertz CT molecular complexity index is 553. The third-order valence-electron chi connectivity index (χ3n) is 10.6. The van der Waals surface area contributed by atoms with Crippen LogP contribution in [-0.2, 0) is 0 Å².